The summed E-state index contributed by atoms with van der Waals surface area (Å²) < 4.78 is 5.42. The van der Waals surface area contributed by atoms with Gasteiger partial charge in [-0.1, -0.05) is 30.3 Å². The number of benzene rings is 1. The number of carbonyl (C=O) groups excluding carboxylic acids is 1. The maximum Gasteiger partial charge on any atom is 0.325 e. The summed E-state index contributed by atoms with van der Waals surface area (Å²) in [5, 5.41) is 0. The molecule has 1 aliphatic rings. The van der Waals surface area contributed by atoms with E-state index in [9.17, 15) is 4.79 Å². The number of ether oxygens (including phenoxy) is 1. The molecule has 0 amide bonds. The zero-order valence-electron chi connectivity index (χ0n) is 11.5. The van der Waals surface area contributed by atoms with Crippen molar-refractivity contribution in [1.82, 2.24) is 4.90 Å². The smallest absolute Gasteiger partial charge is 0.325 e. The molecule has 1 fully saturated rings. The van der Waals surface area contributed by atoms with E-state index in [1.807, 2.05) is 39.0 Å². The molecule has 1 aliphatic heterocycles. The Morgan fingerprint density at radius 2 is 1.89 bits per heavy atom. The molecule has 1 aromatic rings. The van der Waals surface area contributed by atoms with Crippen LogP contribution >= 0.6 is 0 Å². The highest BCUT2D eigenvalue weighted by Gasteiger charge is 2.50. The fourth-order valence-electron chi connectivity index (χ4n) is 2.14. The first-order valence-electron chi connectivity index (χ1n) is 6.41. The Hall–Kier alpha value is -1.35. The van der Waals surface area contributed by atoms with E-state index in [1.165, 1.54) is 5.56 Å². The van der Waals surface area contributed by atoms with Crippen LogP contribution in [0.15, 0.2) is 30.3 Å². The van der Waals surface area contributed by atoms with Crippen LogP contribution in [0.3, 0.4) is 0 Å². The molecule has 1 aromatic carbocycles. The summed E-state index contributed by atoms with van der Waals surface area (Å²) in [6.45, 7) is 8.59. The highest BCUT2D eigenvalue weighted by molar-refractivity contribution is 5.80. The van der Waals surface area contributed by atoms with Gasteiger partial charge in [-0.2, -0.15) is 0 Å². The molecule has 1 heterocycles. The molecule has 0 spiro atoms. The Bertz CT molecular complexity index is 422. The molecule has 3 heteroatoms. The Balaban J connectivity index is 1.92. The summed E-state index contributed by atoms with van der Waals surface area (Å²) in [5.74, 6) is -0.106. The maximum atomic E-state index is 12.0. The summed E-state index contributed by atoms with van der Waals surface area (Å²) in [7, 11) is 0. The van der Waals surface area contributed by atoms with Crippen LogP contribution in [-0.2, 0) is 16.1 Å². The zero-order valence-corrected chi connectivity index (χ0v) is 11.5. The van der Waals surface area contributed by atoms with Crippen LogP contribution in [-0.4, -0.2) is 28.6 Å². The van der Waals surface area contributed by atoms with Crippen molar-refractivity contribution in [2.24, 2.45) is 0 Å². The summed E-state index contributed by atoms with van der Waals surface area (Å²) in [6.07, 6.45) is 0. The van der Waals surface area contributed by atoms with Gasteiger partial charge in [0.05, 0.1) is 0 Å². The standard InChI is InChI=1S/C15H21NO2/c1-11-13(14(17)18-15(2,3)4)16(11)10-12-8-6-5-7-9-12/h5-9,11,13H,10H2,1-4H3/t11-,13-,16?/m1/s1. The van der Waals surface area contributed by atoms with Crippen molar-refractivity contribution in [3.63, 3.8) is 0 Å². The van der Waals surface area contributed by atoms with Crippen molar-refractivity contribution in [3.05, 3.63) is 35.9 Å². The summed E-state index contributed by atoms with van der Waals surface area (Å²) in [6, 6.07) is 10.4. The van der Waals surface area contributed by atoms with Crippen molar-refractivity contribution in [3.8, 4) is 0 Å². The fourth-order valence-corrected chi connectivity index (χ4v) is 2.14. The topological polar surface area (TPSA) is 29.3 Å². The van der Waals surface area contributed by atoms with Crippen molar-refractivity contribution >= 4 is 5.97 Å². The Kier molecular flexibility index (Phi) is 3.44. The van der Waals surface area contributed by atoms with Crippen LogP contribution in [0.1, 0.15) is 33.3 Å². The van der Waals surface area contributed by atoms with E-state index >= 15 is 0 Å². The summed E-state index contributed by atoms with van der Waals surface area (Å²) >= 11 is 0. The number of carbonyl (C=O) groups is 1. The second kappa shape index (κ2) is 4.73. The van der Waals surface area contributed by atoms with Gasteiger partial charge < -0.3 is 4.74 Å². The SMILES string of the molecule is C[C@@H]1[C@H](C(=O)OC(C)(C)C)N1Cc1ccccc1. The Labute approximate surface area is 109 Å². The first-order valence-corrected chi connectivity index (χ1v) is 6.41. The van der Waals surface area contributed by atoms with Crippen LogP contribution in [0.4, 0.5) is 0 Å². The van der Waals surface area contributed by atoms with Gasteiger partial charge in [-0.25, -0.2) is 0 Å². The monoisotopic (exact) mass is 247 g/mol. The van der Waals surface area contributed by atoms with Gasteiger partial charge in [0.25, 0.3) is 0 Å². The fraction of sp³-hybridized carbons (Fsp3) is 0.533. The number of hydrogen-bond donors (Lipinski definition) is 0. The lowest BCUT2D eigenvalue weighted by Gasteiger charge is -2.19. The highest BCUT2D eigenvalue weighted by atomic mass is 16.6. The largest absolute Gasteiger partial charge is 0.459 e. The van der Waals surface area contributed by atoms with E-state index in [4.69, 9.17) is 4.74 Å². The van der Waals surface area contributed by atoms with Crippen LogP contribution in [0, 0.1) is 0 Å². The van der Waals surface area contributed by atoms with Crippen molar-refractivity contribution < 1.29 is 9.53 Å². The van der Waals surface area contributed by atoms with Crippen molar-refractivity contribution in [1.29, 1.82) is 0 Å². The lowest BCUT2D eigenvalue weighted by atomic mass is 10.2. The zero-order chi connectivity index (χ0) is 13.3. The Morgan fingerprint density at radius 3 is 2.44 bits per heavy atom. The van der Waals surface area contributed by atoms with Gasteiger partial charge in [0.2, 0.25) is 0 Å². The van der Waals surface area contributed by atoms with Crippen LogP contribution < -0.4 is 0 Å². The van der Waals surface area contributed by atoms with E-state index in [1.54, 1.807) is 0 Å². The maximum absolute atomic E-state index is 12.0. The third-order valence-corrected chi connectivity index (χ3v) is 3.10. The van der Waals surface area contributed by atoms with Crippen LogP contribution in [0.25, 0.3) is 0 Å². The Morgan fingerprint density at radius 1 is 1.28 bits per heavy atom. The van der Waals surface area contributed by atoms with Crippen molar-refractivity contribution in [2.45, 2.75) is 51.9 Å². The molecule has 0 aromatic heterocycles. The molecule has 0 N–H and O–H groups in total. The molecule has 3 nitrogen and oxygen atoms in total. The molecular weight excluding hydrogens is 226 g/mol. The third kappa shape index (κ3) is 3.10. The van der Waals surface area contributed by atoms with Gasteiger partial charge in [-0.3, -0.25) is 9.69 Å². The minimum atomic E-state index is -0.405. The molecular formula is C15H21NO2. The third-order valence-electron chi connectivity index (χ3n) is 3.10. The van der Waals surface area contributed by atoms with Gasteiger partial charge in [0.1, 0.15) is 11.6 Å². The van der Waals surface area contributed by atoms with Gasteiger partial charge in [0.15, 0.2) is 0 Å². The van der Waals surface area contributed by atoms with E-state index in [-0.39, 0.29) is 18.1 Å². The quantitative estimate of drug-likeness (QED) is 0.607. The molecule has 0 saturated carbocycles. The van der Waals surface area contributed by atoms with Gasteiger partial charge in [-0.05, 0) is 33.3 Å². The average molecular weight is 247 g/mol. The number of esters is 1. The number of nitrogens with zero attached hydrogens (tertiary/aromatic N) is 1. The number of rotatable bonds is 3. The molecule has 98 valence electrons. The molecule has 2 rings (SSSR count). The minimum Gasteiger partial charge on any atom is -0.459 e. The van der Waals surface area contributed by atoms with E-state index < -0.39 is 5.60 Å². The second-order valence-corrected chi connectivity index (χ2v) is 5.88. The second-order valence-electron chi connectivity index (χ2n) is 5.88. The average Bonchev–Trinajstić information content (AvgIpc) is 2.88. The summed E-state index contributed by atoms with van der Waals surface area (Å²) in [4.78, 5) is 14.1. The first kappa shape index (κ1) is 13.1. The molecule has 1 saturated heterocycles. The first-order chi connectivity index (χ1) is 8.38. The molecule has 0 radical (unpaired) electrons. The molecule has 1 unspecified atom stereocenters. The van der Waals surface area contributed by atoms with Crippen LogP contribution in [0.5, 0.6) is 0 Å². The highest BCUT2D eigenvalue weighted by Crippen LogP contribution is 2.32. The summed E-state index contributed by atoms with van der Waals surface area (Å²) in [5.41, 5.74) is 0.827. The number of hydrogen-bond acceptors (Lipinski definition) is 3. The van der Waals surface area contributed by atoms with E-state index in [2.05, 4.69) is 24.0 Å². The molecule has 18 heavy (non-hydrogen) atoms. The van der Waals surface area contributed by atoms with Crippen molar-refractivity contribution in [2.75, 3.05) is 0 Å². The lowest BCUT2D eigenvalue weighted by Crippen LogP contribution is -2.28. The molecule has 3 atom stereocenters. The molecule has 0 aliphatic carbocycles. The molecule has 0 bridgehead atoms. The van der Waals surface area contributed by atoms with Crippen LogP contribution in [0.2, 0.25) is 0 Å². The lowest BCUT2D eigenvalue weighted by molar-refractivity contribution is -0.155. The normalized spacial score (nSPS) is 26.8. The minimum absolute atomic E-state index is 0.0792. The van der Waals surface area contributed by atoms with Gasteiger partial charge in [0, 0.05) is 12.6 Å². The predicted octanol–water partition coefficient (Wildman–Crippen LogP) is 2.60. The van der Waals surface area contributed by atoms with Gasteiger partial charge >= 0.3 is 5.97 Å². The predicted molar refractivity (Wildman–Crippen MR) is 71.1 cm³/mol. The van der Waals surface area contributed by atoms with E-state index in [0.717, 1.165) is 6.54 Å². The van der Waals surface area contributed by atoms with E-state index in [0.29, 0.717) is 0 Å². The van der Waals surface area contributed by atoms with Gasteiger partial charge in [-0.15, -0.1) is 0 Å².